The topological polar surface area (TPSA) is 76.0 Å². The molecule has 2 aromatic rings. The first kappa shape index (κ1) is 16.5. The summed E-state index contributed by atoms with van der Waals surface area (Å²) >= 11 is 0. The predicted molar refractivity (Wildman–Crippen MR) is 75.5 cm³/mol. The highest BCUT2D eigenvalue weighted by atomic mass is 19.4. The van der Waals surface area contributed by atoms with Crippen molar-refractivity contribution in [2.45, 2.75) is 12.7 Å². The molecular weight excluding hydrogens is 313 g/mol. The van der Waals surface area contributed by atoms with E-state index in [-0.39, 0.29) is 23.5 Å². The predicted octanol–water partition coefficient (Wildman–Crippen LogP) is 1.94. The Hall–Kier alpha value is -2.84. The number of hydrogen-bond acceptors (Lipinski definition) is 3. The van der Waals surface area contributed by atoms with Crippen molar-refractivity contribution in [3.63, 3.8) is 0 Å². The zero-order valence-electron chi connectivity index (χ0n) is 12.0. The molecule has 0 aliphatic heterocycles. The quantitative estimate of drug-likeness (QED) is 0.825. The molecule has 0 aliphatic carbocycles. The van der Waals surface area contributed by atoms with Crippen LogP contribution in [0.25, 0.3) is 0 Å². The molecule has 0 fully saturated rings. The summed E-state index contributed by atoms with van der Waals surface area (Å²) in [7, 11) is 1.55. The number of nitrogens with one attached hydrogen (secondary N) is 2. The lowest BCUT2D eigenvalue weighted by Gasteiger charge is -2.13. The Morgan fingerprint density at radius 2 is 2.04 bits per heavy atom. The molecule has 23 heavy (non-hydrogen) atoms. The van der Waals surface area contributed by atoms with Gasteiger partial charge in [-0.05, 0) is 11.6 Å². The lowest BCUT2D eigenvalue weighted by Crippen LogP contribution is -2.25. The number of aryl methyl sites for hydroxylation is 1. The number of anilines is 1. The summed E-state index contributed by atoms with van der Waals surface area (Å²) in [6, 6.07) is 4.98. The maximum atomic E-state index is 12.9. The van der Waals surface area contributed by atoms with Crippen LogP contribution in [0.1, 0.15) is 21.5 Å². The highest BCUT2D eigenvalue weighted by Gasteiger charge is 2.32. The molecule has 0 atom stereocenters. The highest BCUT2D eigenvalue weighted by Crippen LogP contribution is 2.31. The molecule has 0 bridgehead atoms. The van der Waals surface area contributed by atoms with Gasteiger partial charge < -0.3 is 10.6 Å². The third-order valence-electron chi connectivity index (χ3n) is 3.03. The van der Waals surface area contributed by atoms with E-state index >= 15 is 0 Å². The Kier molecular flexibility index (Phi) is 4.68. The largest absolute Gasteiger partial charge is 0.416 e. The fraction of sp³-hybridized carbons (Fsp3) is 0.214. The van der Waals surface area contributed by atoms with Gasteiger partial charge in [0.25, 0.3) is 5.91 Å². The van der Waals surface area contributed by atoms with Crippen LogP contribution in [0.2, 0.25) is 0 Å². The van der Waals surface area contributed by atoms with Crippen molar-refractivity contribution in [2.75, 3.05) is 5.32 Å². The van der Waals surface area contributed by atoms with Gasteiger partial charge in [-0.25, -0.2) is 0 Å². The van der Waals surface area contributed by atoms with Crippen LogP contribution >= 0.6 is 0 Å². The lowest BCUT2D eigenvalue weighted by molar-refractivity contribution is -0.138. The number of hydrogen-bond donors (Lipinski definition) is 2. The third-order valence-corrected chi connectivity index (χ3v) is 3.03. The summed E-state index contributed by atoms with van der Waals surface area (Å²) in [5, 5.41) is 8.52. The van der Waals surface area contributed by atoms with Gasteiger partial charge in [0.2, 0.25) is 6.41 Å². The van der Waals surface area contributed by atoms with E-state index in [9.17, 15) is 22.8 Å². The van der Waals surface area contributed by atoms with Crippen LogP contribution < -0.4 is 10.6 Å². The molecule has 6 nitrogen and oxygen atoms in total. The smallest absolute Gasteiger partial charge is 0.348 e. The molecule has 0 radical (unpaired) electrons. The number of nitrogens with zero attached hydrogens (tertiary/aromatic N) is 2. The maximum absolute atomic E-state index is 12.9. The van der Waals surface area contributed by atoms with Crippen molar-refractivity contribution in [3.8, 4) is 0 Å². The second-order valence-electron chi connectivity index (χ2n) is 4.66. The van der Waals surface area contributed by atoms with Gasteiger partial charge in [-0.15, -0.1) is 0 Å². The van der Waals surface area contributed by atoms with Gasteiger partial charge in [0.15, 0.2) is 5.82 Å². The van der Waals surface area contributed by atoms with Gasteiger partial charge in [0.1, 0.15) is 5.56 Å². The van der Waals surface area contributed by atoms with Crippen molar-refractivity contribution >= 4 is 18.1 Å². The van der Waals surface area contributed by atoms with Gasteiger partial charge in [-0.3, -0.25) is 14.3 Å². The molecule has 0 spiro atoms. The summed E-state index contributed by atoms with van der Waals surface area (Å²) in [5.74, 6) is -0.608. The van der Waals surface area contributed by atoms with Crippen LogP contribution in [0, 0.1) is 0 Å². The minimum Gasteiger partial charge on any atom is -0.348 e. The molecule has 2 N–H and O–H groups in total. The molecule has 0 unspecified atom stereocenters. The van der Waals surface area contributed by atoms with E-state index in [0.29, 0.717) is 6.41 Å². The maximum Gasteiger partial charge on any atom is 0.416 e. The number of alkyl halides is 3. The highest BCUT2D eigenvalue weighted by molar-refractivity contribution is 6.00. The minimum absolute atomic E-state index is 0.0316. The fourth-order valence-corrected chi connectivity index (χ4v) is 2.04. The summed E-state index contributed by atoms with van der Waals surface area (Å²) < 4.78 is 40.0. The van der Waals surface area contributed by atoms with Crippen molar-refractivity contribution < 1.29 is 22.8 Å². The molecule has 1 aromatic carbocycles. The van der Waals surface area contributed by atoms with Gasteiger partial charge in [-0.1, -0.05) is 18.2 Å². The van der Waals surface area contributed by atoms with Gasteiger partial charge in [-0.2, -0.15) is 18.3 Å². The van der Waals surface area contributed by atoms with Crippen LogP contribution in [0.3, 0.4) is 0 Å². The van der Waals surface area contributed by atoms with Gasteiger partial charge in [0, 0.05) is 19.8 Å². The number of carbonyl (C=O) groups excluding carboxylic acids is 2. The summed E-state index contributed by atoms with van der Waals surface area (Å²) in [5.41, 5.74) is -0.802. The zero-order chi connectivity index (χ0) is 17.0. The summed E-state index contributed by atoms with van der Waals surface area (Å²) in [6.07, 6.45) is -2.78. The molecule has 1 heterocycles. The molecule has 0 saturated carbocycles. The number of amides is 2. The number of carbonyl (C=O) groups is 2. The van der Waals surface area contributed by atoms with E-state index in [1.165, 1.54) is 29.1 Å². The molecule has 1 aromatic heterocycles. The van der Waals surface area contributed by atoms with E-state index in [4.69, 9.17) is 0 Å². The SMILES string of the molecule is Cn1cc(C(=O)NCc2ccccc2C(F)(F)F)c(NC=O)n1. The van der Waals surface area contributed by atoms with Crippen LogP contribution in [-0.4, -0.2) is 22.1 Å². The average Bonchev–Trinajstić information content (AvgIpc) is 2.85. The molecule has 0 saturated heterocycles. The monoisotopic (exact) mass is 326 g/mol. The molecule has 2 amide bonds. The molecule has 122 valence electrons. The van der Waals surface area contributed by atoms with E-state index in [0.717, 1.165) is 6.07 Å². The normalized spacial score (nSPS) is 11.1. The van der Waals surface area contributed by atoms with E-state index in [1.807, 2.05) is 0 Å². The first-order chi connectivity index (χ1) is 10.8. The number of rotatable bonds is 5. The summed E-state index contributed by atoms with van der Waals surface area (Å²) in [4.78, 5) is 22.6. The Balaban J connectivity index is 2.16. The van der Waals surface area contributed by atoms with E-state index in [2.05, 4.69) is 15.7 Å². The van der Waals surface area contributed by atoms with Crippen molar-refractivity contribution in [1.82, 2.24) is 15.1 Å². The Morgan fingerprint density at radius 1 is 1.35 bits per heavy atom. The molecule has 2 rings (SSSR count). The van der Waals surface area contributed by atoms with Crippen LogP contribution in [0.15, 0.2) is 30.5 Å². The van der Waals surface area contributed by atoms with Crippen molar-refractivity contribution in [3.05, 3.63) is 47.2 Å². The van der Waals surface area contributed by atoms with Crippen LogP contribution in [-0.2, 0) is 24.6 Å². The van der Waals surface area contributed by atoms with Gasteiger partial charge in [0.05, 0.1) is 5.56 Å². The third kappa shape index (κ3) is 3.87. The standard InChI is InChI=1S/C14H13F3N4O2/c1-21-7-10(12(20-21)19-8-22)13(23)18-6-9-4-2-3-5-11(9)14(15,16)17/h2-5,7-8H,6H2,1H3,(H,18,23)(H,19,20,22). The Labute approximate surface area is 129 Å². The van der Waals surface area contributed by atoms with E-state index < -0.39 is 17.6 Å². The fourth-order valence-electron chi connectivity index (χ4n) is 2.04. The first-order valence-electron chi connectivity index (χ1n) is 6.50. The zero-order valence-corrected chi connectivity index (χ0v) is 12.0. The summed E-state index contributed by atoms with van der Waals surface area (Å²) in [6.45, 7) is -0.302. The molecular formula is C14H13F3N4O2. The second-order valence-corrected chi connectivity index (χ2v) is 4.66. The molecule has 0 aliphatic rings. The van der Waals surface area contributed by atoms with Gasteiger partial charge >= 0.3 is 6.18 Å². The lowest BCUT2D eigenvalue weighted by atomic mass is 10.1. The average molecular weight is 326 g/mol. The second kappa shape index (κ2) is 6.51. The number of halogens is 3. The molecule has 9 heteroatoms. The van der Waals surface area contributed by atoms with E-state index in [1.54, 1.807) is 7.05 Å². The van der Waals surface area contributed by atoms with Crippen molar-refractivity contribution in [1.29, 1.82) is 0 Å². The first-order valence-corrected chi connectivity index (χ1v) is 6.50. The van der Waals surface area contributed by atoms with Crippen LogP contribution in [0.4, 0.5) is 19.0 Å². The number of aromatic nitrogens is 2. The Morgan fingerprint density at radius 3 is 2.70 bits per heavy atom. The number of benzene rings is 1. The van der Waals surface area contributed by atoms with Crippen molar-refractivity contribution in [2.24, 2.45) is 7.05 Å². The van der Waals surface area contributed by atoms with Crippen LogP contribution in [0.5, 0.6) is 0 Å². The minimum atomic E-state index is -4.50. The Bertz CT molecular complexity index is 725.